The zero-order chi connectivity index (χ0) is 11.1. The Morgan fingerprint density at radius 1 is 1.53 bits per heavy atom. The van der Waals surface area contributed by atoms with Gasteiger partial charge in [0.15, 0.2) is 0 Å². The summed E-state index contributed by atoms with van der Waals surface area (Å²) in [4.78, 5) is 0. The summed E-state index contributed by atoms with van der Waals surface area (Å²) in [7, 11) is 0. The minimum atomic E-state index is -0.629. The number of halogens is 1. The topological polar surface area (TPSA) is 20.2 Å². The van der Waals surface area contributed by atoms with E-state index in [9.17, 15) is 5.11 Å². The Balaban J connectivity index is 2.40. The van der Waals surface area contributed by atoms with Gasteiger partial charge in [0.25, 0.3) is 0 Å². The molecule has 0 amide bonds. The van der Waals surface area contributed by atoms with Gasteiger partial charge in [-0.3, -0.25) is 0 Å². The third-order valence-electron chi connectivity index (χ3n) is 3.16. The van der Waals surface area contributed by atoms with Gasteiger partial charge in [0.1, 0.15) is 5.60 Å². The predicted molar refractivity (Wildman–Crippen MR) is 69.3 cm³/mol. The molecule has 0 radical (unpaired) electrons. The van der Waals surface area contributed by atoms with Crippen LogP contribution in [0.2, 0.25) is 0 Å². The maximum atomic E-state index is 10.6. The number of aryl methyl sites for hydroxylation is 1. The minimum absolute atomic E-state index is 0.336. The standard InChI is InChI=1S/C12H15BrOS/c1-8-5-10(3-4-11(8)13)12(14)7-15-6-9(12)2/h3-5,9,14H,6-7H2,1-2H3/t9-,12+/m1/s1. The van der Waals surface area contributed by atoms with Crippen LogP contribution in [0.1, 0.15) is 18.1 Å². The normalized spacial score (nSPS) is 30.8. The highest BCUT2D eigenvalue weighted by Gasteiger charge is 2.40. The Hall–Kier alpha value is 0.01000. The van der Waals surface area contributed by atoms with Gasteiger partial charge in [0.05, 0.1) is 0 Å². The Labute approximate surface area is 103 Å². The van der Waals surface area contributed by atoms with Crippen LogP contribution in [0.3, 0.4) is 0 Å². The van der Waals surface area contributed by atoms with Crippen molar-refractivity contribution in [2.45, 2.75) is 19.4 Å². The second kappa shape index (κ2) is 4.11. The van der Waals surface area contributed by atoms with Gasteiger partial charge < -0.3 is 5.11 Å². The largest absolute Gasteiger partial charge is 0.384 e. The van der Waals surface area contributed by atoms with Crippen LogP contribution in [0.25, 0.3) is 0 Å². The van der Waals surface area contributed by atoms with Crippen LogP contribution in [0.5, 0.6) is 0 Å². The maximum absolute atomic E-state index is 10.6. The summed E-state index contributed by atoms with van der Waals surface area (Å²) in [5.74, 6) is 2.20. The average molecular weight is 287 g/mol. The number of thioether (sulfide) groups is 1. The molecule has 0 spiro atoms. The number of benzene rings is 1. The SMILES string of the molecule is Cc1cc([C@]2(O)CSC[C@H]2C)ccc1Br. The van der Waals surface area contributed by atoms with Crippen molar-refractivity contribution in [3.63, 3.8) is 0 Å². The molecule has 2 atom stereocenters. The fraction of sp³-hybridized carbons (Fsp3) is 0.500. The first-order valence-corrected chi connectivity index (χ1v) is 7.05. The zero-order valence-corrected chi connectivity index (χ0v) is 11.4. The zero-order valence-electron chi connectivity index (χ0n) is 8.96. The molecule has 1 aromatic carbocycles. The van der Waals surface area contributed by atoms with E-state index < -0.39 is 5.60 Å². The van der Waals surface area contributed by atoms with Crippen LogP contribution in [-0.2, 0) is 5.60 Å². The summed E-state index contributed by atoms with van der Waals surface area (Å²) in [6.45, 7) is 4.18. The molecule has 0 saturated carbocycles. The lowest BCUT2D eigenvalue weighted by atomic mass is 9.85. The van der Waals surface area contributed by atoms with E-state index in [-0.39, 0.29) is 0 Å². The van der Waals surface area contributed by atoms with E-state index in [1.807, 2.05) is 23.9 Å². The van der Waals surface area contributed by atoms with Crippen molar-refractivity contribution in [3.05, 3.63) is 33.8 Å². The van der Waals surface area contributed by atoms with E-state index >= 15 is 0 Å². The molecule has 1 aromatic rings. The highest BCUT2D eigenvalue weighted by molar-refractivity contribution is 9.10. The van der Waals surface area contributed by atoms with Crippen LogP contribution in [-0.4, -0.2) is 16.6 Å². The molecule has 1 heterocycles. The molecule has 2 rings (SSSR count). The molecule has 15 heavy (non-hydrogen) atoms. The van der Waals surface area contributed by atoms with Gasteiger partial charge in [-0.05, 0) is 35.8 Å². The van der Waals surface area contributed by atoms with Crippen LogP contribution in [0.4, 0.5) is 0 Å². The van der Waals surface area contributed by atoms with Gasteiger partial charge in [-0.15, -0.1) is 0 Å². The molecular weight excluding hydrogens is 272 g/mol. The van der Waals surface area contributed by atoms with Crippen molar-refractivity contribution in [2.75, 3.05) is 11.5 Å². The molecule has 0 aliphatic carbocycles. The molecule has 3 heteroatoms. The molecule has 1 saturated heterocycles. The van der Waals surface area contributed by atoms with Gasteiger partial charge in [-0.2, -0.15) is 11.8 Å². The third kappa shape index (κ3) is 1.97. The van der Waals surface area contributed by atoms with Crippen LogP contribution < -0.4 is 0 Å². The summed E-state index contributed by atoms with van der Waals surface area (Å²) in [6, 6.07) is 6.14. The van der Waals surface area contributed by atoms with E-state index in [1.165, 1.54) is 5.56 Å². The van der Waals surface area contributed by atoms with Crippen molar-refractivity contribution in [1.29, 1.82) is 0 Å². The number of hydrogen-bond acceptors (Lipinski definition) is 2. The predicted octanol–water partition coefficient (Wildman–Crippen LogP) is 3.33. The lowest BCUT2D eigenvalue weighted by Crippen LogP contribution is -2.32. The monoisotopic (exact) mass is 286 g/mol. The summed E-state index contributed by atoms with van der Waals surface area (Å²) in [5, 5.41) is 10.6. The van der Waals surface area contributed by atoms with Gasteiger partial charge in [-0.25, -0.2) is 0 Å². The molecule has 82 valence electrons. The Morgan fingerprint density at radius 3 is 2.80 bits per heavy atom. The second-order valence-corrected chi connectivity index (χ2v) is 6.19. The first kappa shape index (κ1) is 11.5. The number of rotatable bonds is 1. The second-order valence-electron chi connectivity index (χ2n) is 4.30. The van der Waals surface area contributed by atoms with Gasteiger partial charge in [0.2, 0.25) is 0 Å². The van der Waals surface area contributed by atoms with Crippen molar-refractivity contribution in [3.8, 4) is 0 Å². The van der Waals surface area contributed by atoms with Crippen molar-refractivity contribution >= 4 is 27.7 Å². The van der Waals surface area contributed by atoms with Gasteiger partial charge >= 0.3 is 0 Å². The first-order chi connectivity index (χ1) is 7.04. The summed E-state index contributed by atoms with van der Waals surface area (Å²) in [6.07, 6.45) is 0. The third-order valence-corrected chi connectivity index (χ3v) is 5.43. The average Bonchev–Trinajstić information content (AvgIpc) is 2.53. The molecular formula is C12H15BrOS. The first-order valence-electron chi connectivity index (χ1n) is 5.11. The smallest absolute Gasteiger partial charge is 0.102 e. The minimum Gasteiger partial charge on any atom is -0.384 e. The number of aliphatic hydroxyl groups is 1. The molecule has 0 unspecified atom stereocenters. The van der Waals surface area contributed by atoms with Crippen LogP contribution in [0.15, 0.2) is 22.7 Å². The molecule has 1 aliphatic rings. The number of hydrogen-bond donors (Lipinski definition) is 1. The van der Waals surface area contributed by atoms with E-state index in [0.717, 1.165) is 21.5 Å². The highest BCUT2D eigenvalue weighted by atomic mass is 79.9. The van der Waals surface area contributed by atoms with Crippen LogP contribution >= 0.6 is 27.7 Å². The molecule has 1 fully saturated rings. The summed E-state index contributed by atoms with van der Waals surface area (Å²) in [5.41, 5.74) is 1.61. The molecule has 0 bridgehead atoms. The van der Waals surface area contributed by atoms with Crippen molar-refractivity contribution in [1.82, 2.24) is 0 Å². The fourth-order valence-corrected chi connectivity index (χ4v) is 3.71. The molecule has 1 aliphatic heterocycles. The quantitative estimate of drug-likeness (QED) is 0.855. The fourth-order valence-electron chi connectivity index (χ4n) is 1.95. The summed E-state index contributed by atoms with van der Waals surface area (Å²) < 4.78 is 1.10. The van der Waals surface area contributed by atoms with E-state index in [2.05, 4.69) is 35.8 Å². The molecule has 1 nitrogen and oxygen atoms in total. The van der Waals surface area contributed by atoms with Crippen LogP contribution in [0, 0.1) is 12.8 Å². The Kier molecular flexibility index (Phi) is 3.15. The maximum Gasteiger partial charge on any atom is 0.102 e. The Morgan fingerprint density at radius 2 is 2.27 bits per heavy atom. The lowest BCUT2D eigenvalue weighted by molar-refractivity contribution is 0.0234. The van der Waals surface area contributed by atoms with E-state index in [1.54, 1.807) is 0 Å². The van der Waals surface area contributed by atoms with E-state index in [0.29, 0.717) is 5.92 Å². The molecule has 0 aromatic heterocycles. The Bertz CT molecular complexity index is 380. The molecule has 1 N–H and O–H groups in total. The highest BCUT2D eigenvalue weighted by Crippen LogP contribution is 2.41. The van der Waals surface area contributed by atoms with E-state index in [4.69, 9.17) is 0 Å². The lowest BCUT2D eigenvalue weighted by Gasteiger charge is -2.27. The van der Waals surface area contributed by atoms with Gasteiger partial charge in [-0.1, -0.05) is 35.0 Å². The van der Waals surface area contributed by atoms with Crippen molar-refractivity contribution in [2.24, 2.45) is 5.92 Å². The van der Waals surface area contributed by atoms with Gasteiger partial charge in [0, 0.05) is 10.2 Å². The summed E-state index contributed by atoms with van der Waals surface area (Å²) >= 11 is 5.32. The van der Waals surface area contributed by atoms with Crippen molar-refractivity contribution < 1.29 is 5.11 Å².